The molecule has 2 nitrogen and oxygen atoms in total. The highest BCUT2D eigenvalue weighted by Gasteiger charge is 2.11. The molecule has 0 aliphatic carbocycles. The van der Waals surface area contributed by atoms with E-state index < -0.39 is 0 Å². The summed E-state index contributed by atoms with van der Waals surface area (Å²) in [5, 5.41) is 0. The third kappa shape index (κ3) is 2.98. The van der Waals surface area contributed by atoms with Crippen molar-refractivity contribution >= 4 is 12.2 Å². The summed E-state index contributed by atoms with van der Waals surface area (Å²) in [5.74, 6) is 0.413. The van der Waals surface area contributed by atoms with E-state index in [-0.39, 0.29) is 0 Å². The number of benzene rings is 2. The number of nitrogens with zero attached hydrogens (tertiary/aromatic N) is 1. The van der Waals surface area contributed by atoms with E-state index in [1.807, 2.05) is 18.3 Å². The molecule has 106 valence electrons. The molecule has 1 aromatic heterocycles. The Labute approximate surface area is 130 Å². The molecule has 2 aromatic carbocycles. The molecule has 0 saturated carbocycles. The number of aromatic nitrogens is 2. The summed E-state index contributed by atoms with van der Waals surface area (Å²) in [6.07, 6.45) is 2.00. The molecule has 0 fully saturated rings. The van der Waals surface area contributed by atoms with Gasteiger partial charge in [0.05, 0.1) is 5.69 Å². The average molecular weight is 294 g/mol. The van der Waals surface area contributed by atoms with E-state index >= 15 is 0 Å². The van der Waals surface area contributed by atoms with E-state index in [4.69, 9.17) is 12.2 Å². The first-order chi connectivity index (χ1) is 10.3. The Morgan fingerprint density at radius 1 is 1.00 bits per heavy atom. The Bertz CT molecular complexity index is 757. The van der Waals surface area contributed by atoms with Gasteiger partial charge < -0.3 is 9.55 Å². The van der Waals surface area contributed by atoms with Crippen molar-refractivity contribution < 1.29 is 0 Å². The molecule has 0 bridgehead atoms. The standard InChI is InChI=1S/C18H18N2S/c1-14(15-8-4-2-5-9-15)13-20-17(12-19-18(20)21)16-10-6-3-7-11-16/h2-12,14H,13H2,1H3,(H,19,21). The largest absolute Gasteiger partial charge is 0.337 e. The zero-order valence-corrected chi connectivity index (χ0v) is 12.8. The lowest BCUT2D eigenvalue weighted by Gasteiger charge is -2.15. The van der Waals surface area contributed by atoms with Crippen LogP contribution in [0.2, 0.25) is 0 Å². The van der Waals surface area contributed by atoms with Gasteiger partial charge in [0.1, 0.15) is 0 Å². The Morgan fingerprint density at radius 3 is 2.29 bits per heavy atom. The maximum absolute atomic E-state index is 5.45. The third-order valence-corrected chi connectivity index (χ3v) is 4.10. The monoisotopic (exact) mass is 294 g/mol. The van der Waals surface area contributed by atoms with E-state index in [0.29, 0.717) is 5.92 Å². The normalized spacial score (nSPS) is 12.2. The number of imidazole rings is 1. The first-order valence-corrected chi connectivity index (χ1v) is 7.55. The molecule has 0 radical (unpaired) electrons. The molecule has 1 unspecified atom stereocenters. The Kier molecular flexibility index (Phi) is 4.02. The molecular weight excluding hydrogens is 276 g/mol. The zero-order chi connectivity index (χ0) is 14.7. The number of rotatable bonds is 4. The van der Waals surface area contributed by atoms with Gasteiger partial charge in [-0.2, -0.15) is 0 Å². The maximum atomic E-state index is 5.45. The van der Waals surface area contributed by atoms with Gasteiger partial charge in [0.15, 0.2) is 4.77 Å². The quantitative estimate of drug-likeness (QED) is 0.670. The Balaban J connectivity index is 1.93. The summed E-state index contributed by atoms with van der Waals surface area (Å²) in [6.45, 7) is 3.11. The SMILES string of the molecule is CC(Cn1c(-c2ccccc2)c[nH]c1=S)c1ccccc1. The van der Waals surface area contributed by atoms with E-state index in [2.05, 4.69) is 65.0 Å². The summed E-state index contributed by atoms with van der Waals surface area (Å²) in [7, 11) is 0. The molecule has 0 aliphatic heterocycles. The molecule has 0 amide bonds. The highest BCUT2D eigenvalue weighted by atomic mass is 32.1. The molecule has 3 rings (SSSR count). The molecular formula is C18H18N2S. The van der Waals surface area contributed by atoms with Gasteiger partial charge in [-0.3, -0.25) is 0 Å². The molecule has 0 spiro atoms. The van der Waals surface area contributed by atoms with Crippen LogP contribution in [-0.2, 0) is 6.54 Å². The van der Waals surface area contributed by atoms with Crippen LogP contribution in [0.25, 0.3) is 11.3 Å². The average Bonchev–Trinajstić information content (AvgIpc) is 2.90. The minimum atomic E-state index is 0.413. The predicted octanol–water partition coefficient (Wildman–Crippen LogP) is 5.02. The minimum Gasteiger partial charge on any atom is -0.337 e. The van der Waals surface area contributed by atoms with E-state index in [1.165, 1.54) is 11.1 Å². The van der Waals surface area contributed by atoms with Crippen molar-refractivity contribution in [1.29, 1.82) is 0 Å². The van der Waals surface area contributed by atoms with Crippen molar-refractivity contribution in [3.8, 4) is 11.3 Å². The molecule has 0 aliphatic rings. The second-order valence-electron chi connectivity index (χ2n) is 5.27. The van der Waals surface area contributed by atoms with Crippen LogP contribution in [0.15, 0.2) is 66.9 Å². The Hall–Kier alpha value is -2.13. The first-order valence-electron chi connectivity index (χ1n) is 7.14. The fourth-order valence-electron chi connectivity index (χ4n) is 2.59. The molecule has 0 saturated heterocycles. The minimum absolute atomic E-state index is 0.413. The molecule has 1 N–H and O–H groups in total. The van der Waals surface area contributed by atoms with Crippen LogP contribution >= 0.6 is 12.2 Å². The van der Waals surface area contributed by atoms with E-state index in [0.717, 1.165) is 17.0 Å². The number of aromatic amines is 1. The van der Waals surface area contributed by atoms with Crippen molar-refractivity contribution in [3.63, 3.8) is 0 Å². The van der Waals surface area contributed by atoms with Crippen LogP contribution in [0.3, 0.4) is 0 Å². The molecule has 1 heterocycles. The summed E-state index contributed by atoms with van der Waals surface area (Å²) in [5.41, 5.74) is 3.66. The van der Waals surface area contributed by atoms with Gasteiger partial charge >= 0.3 is 0 Å². The van der Waals surface area contributed by atoms with Gasteiger partial charge in [0, 0.05) is 12.7 Å². The van der Waals surface area contributed by atoms with Crippen LogP contribution < -0.4 is 0 Å². The van der Waals surface area contributed by atoms with Crippen LogP contribution in [0, 0.1) is 4.77 Å². The number of hydrogen-bond acceptors (Lipinski definition) is 1. The lowest BCUT2D eigenvalue weighted by Crippen LogP contribution is -2.07. The highest BCUT2D eigenvalue weighted by Crippen LogP contribution is 2.23. The lowest BCUT2D eigenvalue weighted by molar-refractivity contribution is 0.596. The van der Waals surface area contributed by atoms with E-state index in [1.54, 1.807) is 0 Å². The highest BCUT2D eigenvalue weighted by molar-refractivity contribution is 7.71. The Morgan fingerprint density at radius 2 is 1.62 bits per heavy atom. The van der Waals surface area contributed by atoms with Gasteiger partial charge in [0.25, 0.3) is 0 Å². The van der Waals surface area contributed by atoms with Crippen LogP contribution in [-0.4, -0.2) is 9.55 Å². The molecule has 3 aromatic rings. The van der Waals surface area contributed by atoms with Crippen molar-refractivity contribution in [2.75, 3.05) is 0 Å². The van der Waals surface area contributed by atoms with Crippen molar-refractivity contribution in [1.82, 2.24) is 9.55 Å². The van der Waals surface area contributed by atoms with Gasteiger partial charge in [-0.05, 0) is 29.3 Å². The third-order valence-electron chi connectivity index (χ3n) is 3.76. The smallest absolute Gasteiger partial charge is 0.177 e. The lowest BCUT2D eigenvalue weighted by atomic mass is 10.0. The van der Waals surface area contributed by atoms with Gasteiger partial charge in [-0.1, -0.05) is 67.6 Å². The van der Waals surface area contributed by atoms with Crippen molar-refractivity contribution in [3.05, 3.63) is 77.2 Å². The van der Waals surface area contributed by atoms with Crippen LogP contribution in [0.1, 0.15) is 18.4 Å². The first kappa shape index (κ1) is 13.8. The summed E-state index contributed by atoms with van der Waals surface area (Å²) >= 11 is 5.45. The van der Waals surface area contributed by atoms with Gasteiger partial charge in [-0.25, -0.2) is 0 Å². The summed E-state index contributed by atoms with van der Waals surface area (Å²) in [6, 6.07) is 20.9. The molecule has 1 atom stereocenters. The molecule has 3 heteroatoms. The van der Waals surface area contributed by atoms with Crippen LogP contribution in [0.5, 0.6) is 0 Å². The van der Waals surface area contributed by atoms with Crippen molar-refractivity contribution in [2.45, 2.75) is 19.4 Å². The van der Waals surface area contributed by atoms with Crippen molar-refractivity contribution in [2.24, 2.45) is 0 Å². The van der Waals surface area contributed by atoms with E-state index in [9.17, 15) is 0 Å². The predicted molar refractivity (Wildman–Crippen MR) is 89.9 cm³/mol. The second kappa shape index (κ2) is 6.10. The fourth-order valence-corrected chi connectivity index (χ4v) is 2.82. The molecule has 21 heavy (non-hydrogen) atoms. The number of H-pyrrole nitrogens is 1. The second-order valence-corrected chi connectivity index (χ2v) is 5.65. The summed E-state index contributed by atoms with van der Waals surface area (Å²) in [4.78, 5) is 3.17. The number of hydrogen-bond donors (Lipinski definition) is 1. The van der Waals surface area contributed by atoms with Crippen LogP contribution in [0.4, 0.5) is 0 Å². The number of nitrogens with one attached hydrogen (secondary N) is 1. The zero-order valence-electron chi connectivity index (χ0n) is 12.0. The fraction of sp³-hybridized carbons (Fsp3) is 0.167. The van der Waals surface area contributed by atoms with Gasteiger partial charge in [-0.15, -0.1) is 0 Å². The summed E-state index contributed by atoms with van der Waals surface area (Å²) < 4.78 is 2.96. The topological polar surface area (TPSA) is 20.7 Å². The van der Waals surface area contributed by atoms with Gasteiger partial charge in [0.2, 0.25) is 0 Å². The maximum Gasteiger partial charge on any atom is 0.177 e.